The van der Waals surface area contributed by atoms with E-state index in [0.29, 0.717) is 11.5 Å². The maximum atomic E-state index is 11.7. The smallest absolute Gasteiger partial charge is 0.240 e. The number of hydrogen-bond donors (Lipinski definition) is 2. The fourth-order valence-corrected chi connectivity index (χ4v) is 2.81. The highest BCUT2D eigenvalue weighted by Gasteiger charge is 2.14. The summed E-state index contributed by atoms with van der Waals surface area (Å²) in [6, 6.07) is 11.9. The van der Waals surface area contributed by atoms with Crippen LogP contribution in [0.15, 0.2) is 47.4 Å². The van der Waals surface area contributed by atoms with Crippen molar-refractivity contribution in [2.24, 2.45) is 0 Å². The van der Waals surface area contributed by atoms with E-state index in [9.17, 15) is 8.42 Å². The van der Waals surface area contributed by atoms with Crippen LogP contribution in [0.1, 0.15) is 0 Å². The average Bonchev–Trinajstić information content (AvgIpc) is 2.43. The number of rotatable bonds is 4. The largest absolute Gasteiger partial charge is 0.454 e. The van der Waals surface area contributed by atoms with Crippen molar-refractivity contribution in [1.29, 1.82) is 0 Å². The first-order valence-corrected chi connectivity index (χ1v) is 8.25. The number of nitrogen functional groups attached to an aromatic ring is 1. The van der Waals surface area contributed by atoms with Crippen LogP contribution in [0.2, 0.25) is 0 Å². The molecule has 0 aliphatic rings. The van der Waals surface area contributed by atoms with E-state index in [-0.39, 0.29) is 10.6 Å². The molecule has 0 aromatic heterocycles. The second-order valence-corrected chi connectivity index (χ2v) is 6.99. The third kappa shape index (κ3) is 3.22. The first-order valence-electron chi connectivity index (χ1n) is 5.69. The normalized spacial score (nSPS) is 11.3. The summed E-state index contributed by atoms with van der Waals surface area (Å²) in [6.07, 6.45) is 0. The van der Waals surface area contributed by atoms with E-state index < -0.39 is 10.0 Å². The Kier molecular flexibility index (Phi) is 4.51. The van der Waals surface area contributed by atoms with E-state index in [1.54, 1.807) is 6.07 Å². The molecule has 2 rings (SSSR count). The summed E-state index contributed by atoms with van der Waals surface area (Å²) in [6.45, 7) is 0. The topological polar surface area (TPSA) is 81.4 Å². The maximum Gasteiger partial charge on any atom is 0.240 e. The van der Waals surface area contributed by atoms with E-state index in [4.69, 9.17) is 10.5 Å². The molecule has 0 amide bonds. The molecule has 0 unspecified atom stereocenters. The molecule has 0 aliphatic carbocycles. The highest BCUT2D eigenvalue weighted by atomic mass is 127. The Morgan fingerprint density at radius 1 is 1.15 bits per heavy atom. The summed E-state index contributed by atoms with van der Waals surface area (Å²) in [4.78, 5) is 0.104. The minimum absolute atomic E-state index is 0.104. The van der Waals surface area contributed by atoms with Crippen LogP contribution in [-0.4, -0.2) is 15.5 Å². The molecule has 0 radical (unpaired) electrons. The molecular weight excluding hydrogens is 391 g/mol. The van der Waals surface area contributed by atoms with Gasteiger partial charge in [-0.1, -0.05) is 12.1 Å². The van der Waals surface area contributed by atoms with Crippen molar-refractivity contribution < 1.29 is 13.2 Å². The molecule has 5 nitrogen and oxygen atoms in total. The zero-order valence-corrected chi connectivity index (χ0v) is 13.6. The third-order valence-corrected chi connectivity index (χ3v) is 4.92. The maximum absolute atomic E-state index is 11.7. The summed E-state index contributed by atoms with van der Waals surface area (Å²) in [7, 11) is -2.16. The molecule has 20 heavy (non-hydrogen) atoms. The number of anilines is 1. The van der Waals surface area contributed by atoms with Crippen LogP contribution in [0.5, 0.6) is 11.5 Å². The SMILES string of the molecule is CNS(=O)(=O)c1ccc(Oc2ccccc2I)c(N)c1. The van der Waals surface area contributed by atoms with Crippen molar-refractivity contribution in [2.45, 2.75) is 4.90 Å². The van der Waals surface area contributed by atoms with E-state index in [1.807, 2.05) is 24.3 Å². The summed E-state index contributed by atoms with van der Waals surface area (Å²) in [5, 5.41) is 0. The molecule has 0 heterocycles. The van der Waals surface area contributed by atoms with Crippen LogP contribution in [0.4, 0.5) is 5.69 Å². The van der Waals surface area contributed by atoms with Gasteiger partial charge in [0.1, 0.15) is 11.5 Å². The van der Waals surface area contributed by atoms with Gasteiger partial charge in [-0.15, -0.1) is 0 Å². The minimum Gasteiger partial charge on any atom is -0.454 e. The molecule has 0 aliphatic heterocycles. The molecule has 0 bridgehead atoms. The van der Waals surface area contributed by atoms with Crippen LogP contribution >= 0.6 is 22.6 Å². The van der Waals surface area contributed by atoms with Crippen LogP contribution in [0, 0.1) is 3.57 Å². The molecule has 0 fully saturated rings. The molecule has 2 aromatic carbocycles. The molecule has 7 heteroatoms. The van der Waals surface area contributed by atoms with Gasteiger partial charge in [0.2, 0.25) is 10.0 Å². The second-order valence-electron chi connectivity index (χ2n) is 3.94. The van der Waals surface area contributed by atoms with E-state index >= 15 is 0 Å². The van der Waals surface area contributed by atoms with Gasteiger partial charge in [-0.2, -0.15) is 0 Å². The van der Waals surface area contributed by atoms with Gasteiger partial charge < -0.3 is 10.5 Å². The van der Waals surface area contributed by atoms with Crippen molar-refractivity contribution >= 4 is 38.3 Å². The van der Waals surface area contributed by atoms with Gasteiger partial charge in [-0.05, 0) is 60.0 Å². The second kappa shape index (κ2) is 5.98. The molecule has 106 valence electrons. The lowest BCUT2D eigenvalue weighted by Gasteiger charge is -2.11. The predicted octanol–water partition coefficient (Wildman–Crippen LogP) is 2.57. The van der Waals surface area contributed by atoms with Crippen molar-refractivity contribution in [3.63, 3.8) is 0 Å². The van der Waals surface area contributed by atoms with Gasteiger partial charge in [0.15, 0.2) is 0 Å². The van der Waals surface area contributed by atoms with E-state index in [1.165, 1.54) is 19.2 Å². The number of hydrogen-bond acceptors (Lipinski definition) is 4. The summed E-state index contributed by atoms with van der Waals surface area (Å²) < 4.78 is 32.2. The lowest BCUT2D eigenvalue weighted by molar-refractivity contribution is 0.481. The quantitative estimate of drug-likeness (QED) is 0.607. The summed E-state index contributed by atoms with van der Waals surface area (Å²) in [5.41, 5.74) is 6.12. The zero-order valence-electron chi connectivity index (χ0n) is 10.6. The lowest BCUT2D eigenvalue weighted by Crippen LogP contribution is -2.18. The molecule has 0 saturated carbocycles. The van der Waals surface area contributed by atoms with Crippen molar-refractivity contribution in [1.82, 2.24) is 4.72 Å². The number of para-hydroxylation sites is 1. The number of nitrogens with two attached hydrogens (primary N) is 1. The van der Waals surface area contributed by atoms with Crippen LogP contribution in [0.25, 0.3) is 0 Å². The number of nitrogens with one attached hydrogen (secondary N) is 1. The monoisotopic (exact) mass is 404 g/mol. The van der Waals surface area contributed by atoms with Crippen LogP contribution in [-0.2, 0) is 10.0 Å². The van der Waals surface area contributed by atoms with Crippen molar-refractivity contribution in [2.75, 3.05) is 12.8 Å². The Balaban J connectivity index is 2.34. The third-order valence-electron chi connectivity index (χ3n) is 2.62. The molecular formula is C13H13IN2O3S. The first kappa shape index (κ1) is 15.1. The summed E-state index contributed by atoms with van der Waals surface area (Å²) in [5.74, 6) is 1.09. The van der Waals surface area contributed by atoms with Gasteiger partial charge in [0, 0.05) is 0 Å². The van der Waals surface area contributed by atoms with Crippen molar-refractivity contribution in [3.8, 4) is 11.5 Å². The van der Waals surface area contributed by atoms with Gasteiger partial charge in [0.25, 0.3) is 0 Å². The van der Waals surface area contributed by atoms with Gasteiger partial charge >= 0.3 is 0 Å². The lowest BCUT2D eigenvalue weighted by atomic mass is 10.3. The van der Waals surface area contributed by atoms with Gasteiger partial charge in [0.05, 0.1) is 14.2 Å². The number of benzene rings is 2. The fraction of sp³-hybridized carbons (Fsp3) is 0.0769. The Hall–Kier alpha value is -1.32. The molecule has 0 saturated heterocycles. The van der Waals surface area contributed by atoms with Gasteiger partial charge in [-0.25, -0.2) is 13.1 Å². The number of sulfonamides is 1. The van der Waals surface area contributed by atoms with Crippen molar-refractivity contribution in [3.05, 3.63) is 46.0 Å². The Labute approximate surface area is 131 Å². The van der Waals surface area contributed by atoms with Crippen LogP contribution < -0.4 is 15.2 Å². The molecule has 2 aromatic rings. The Bertz CT molecular complexity index is 732. The first-order chi connectivity index (χ1) is 9.44. The highest BCUT2D eigenvalue weighted by Crippen LogP contribution is 2.31. The van der Waals surface area contributed by atoms with E-state index in [0.717, 1.165) is 3.57 Å². The Morgan fingerprint density at radius 2 is 1.85 bits per heavy atom. The van der Waals surface area contributed by atoms with Gasteiger partial charge in [-0.3, -0.25) is 0 Å². The highest BCUT2D eigenvalue weighted by molar-refractivity contribution is 14.1. The Morgan fingerprint density at radius 3 is 2.45 bits per heavy atom. The predicted molar refractivity (Wildman–Crippen MR) is 86.3 cm³/mol. The minimum atomic E-state index is -3.51. The molecule has 0 spiro atoms. The fourth-order valence-electron chi connectivity index (χ4n) is 1.55. The standard InChI is InChI=1S/C13H13IN2O3S/c1-16-20(17,18)9-6-7-13(11(15)8-9)19-12-5-3-2-4-10(12)14/h2-8,16H,15H2,1H3. The molecule has 0 atom stereocenters. The number of ether oxygens (including phenoxy) is 1. The van der Waals surface area contributed by atoms with Crippen LogP contribution in [0.3, 0.4) is 0 Å². The number of halogens is 1. The summed E-state index contributed by atoms with van der Waals surface area (Å²) >= 11 is 2.15. The zero-order chi connectivity index (χ0) is 14.8. The average molecular weight is 404 g/mol. The van der Waals surface area contributed by atoms with E-state index in [2.05, 4.69) is 27.3 Å². The molecule has 3 N–H and O–H groups in total.